The molecule has 6 nitrogen and oxygen atoms in total. The number of hydrogen-bond acceptors (Lipinski definition) is 4. The second kappa shape index (κ2) is 8.25. The van der Waals surface area contributed by atoms with Gasteiger partial charge in [-0.25, -0.2) is 0 Å². The largest absolute Gasteiger partial charge is 0.486 e. The van der Waals surface area contributed by atoms with Crippen molar-refractivity contribution in [2.45, 2.75) is 32.2 Å². The van der Waals surface area contributed by atoms with Crippen molar-refractivity contribution in [3.63, 3.8) is 0 Å². The molecule has 0 N–H and O–H groups in total. The van der Waals surface area contributed by atoms with E-state index in [0.717, 1.165) is 17.8 Å². The Balaban J connectivity index is 1.34. The number of hydrogen-bond donors (Lipinski definition) is 0. The van der Waals surface area contributed by atoms with Gasteiger partial charge in [0.15, 0.2) is 11.5 Å². The van der Waals surface area contributed by atoms with Crippen molar-refractivity contribution in [3.8, 4) is 11.5 Å². The first-order chi connectivity index (χ1) is 15.1. The van der Waals surface area contributed by atoms with E-state index in [2.05, 4.69) is 19.1 Å². The summed E-state index contributed by atoms with van der Waals surface area (Å²) in [4.78, 5) is 30.1. The first-order valence-corrected chi connectivity index (χ1v) is 11.2. The number of anilines is 1. The Bertz CT molecular complexity index is 973. The van der Waals surface area contributed by atoms with Crippen LogP contribution in [0.25, 0.3) is 0 Å². The molecule has 0 aromatic heterocycles. The van der Waals surface area contributed by atoms with Crippen LogP contribution < -0.4 is 14.4 Å². The van der Waals surface area contributed by atoms with Gasteiger partial charge < -0.3 is 19.3 Å². The summed E-state index contributed by atoms with van der Waals surface area (Å²) in [5, 5.41) is 0. The molecule has 3 aliphatic rings. The molecule has 31 heavy (non-hydrogen) atoms. The summed E-state index contributed by atoms with van der Waals surface area (Å²) in [7, 11) is 0. The average molecular weight is 421 g/mol. The van der Waals surface area contributed by atoms with Crippen LogP contribution in [0.4, 0.5) is 5.69 Å². The lowest BCUT2D eigenvalue weighted by molar-refractivity contribution is -0.138. The van der Waals surface area contributed by atoms with Gasteiger partial charge >= 0.3 is 0 Å². The van der Waals surface area contributed by atoms with Crippen LogP contribution in [0.2, 0.25) is 0 Å². The van der Waals surface area contributed by atoms with Crippen molar-refractivity contribution in [2.24, 2.45) is 11.8 Å². The molecule has 2 aromatic carbocycles. The third kappa shape index (κ3) is 4.11. The summed E-state index contributed by atoms with van der Waals surface area (Å²) in [5.41, 5.74) is 1.89. The van der Waals surface area contributed by atoms with Crippen LogP contribution in [0.15, 0.2) is 48.5 Å². The van der Waals surface area contributed by atoms with Gasteiger partial charge in [-0.3, -0.25) is 9.59 Å². The van der Waals surface area contributed by atoms with Crippen LogP contribution in [-0.2, 0) is 9.59 Å². The lowest BCUT2D eigenvalue weighted by atomic mass is 10.0. The highest BCUT2D eigenvalue weighted by atomic mass is 16.6. The normalized spacial score (nSPS) is 21.1. The molecule has 0 bridgehead atoms. The van der Waals surface area contributed by atoms with E-state index < -0.39 is 0 Å². The summed E-state index contributed by atoms with van der Waals surface area (Å²) >= 11 is 0. The molecule has 1 aliphatic carbocycles. The number of carbonyl (C=O) groups is 2. The van der Waals surface area contributed by atoms with Gasteiger partial charge in [0.1, 0.15) is 13.2 Å². The number of nitrogens with zero attached hydrogens (tertiary/aromatic N) is 2. The summed E-state index contributed by atoms with van der Waals surface area (Å²) in [6.07, 6.45) is 2.60. The van der Waals surface area contributed by atoms with E-state index >= 15 is 0 Å². The van der Waals surface area contributed by atoms with Gasteiger partial charge in [0.2, 0.25) is 11.8 Å². The van der Waals surface area contributed by atoms with Crippen LogP contribution in [0.5, 0.6) is 11.5 Å². The maximum absolute atomic E-state index is 13.6. The second-order valence-corrected chi connectivity index (χ2v) is 8.75. The third-order valence-electron chi connectivity index (χ3n) is 6.50. The highest BCUT2D eigenvalue weighted by Gasteiger charge is 2.40. The Morgan fingerprint density at radius 1 is 1.10 bits per heavy atom. The van der Waals surface area contributed by atoms with E-state index in [0.29, 0.717) is 37.2 Å². The molecule has 0 spiro atoms. The topological polar surface area (TPSA) is 59.1 Å². The van der Waals surface area contributed by atoms with Gasteiger partial charge in [-0.2, -0.15) is 0 Å². The van der Waals surface area contributed by atoms with Crippen molar-refractivity contribution >= 4 is 17.5 Å². The van der Waals surface area contributed by atoms with Crippen LogP contribution >= 0.6 is 0 Å². The Labute approximate surface area is 182 Å². The first kappa shape index (κ1) is 19.9. The number of carbonyl (C=O) groups excluding carboxylic acids is 2. The fourth-order valence-electron chi connectivity index (χ4n) is 4.49. The van der Waals surface area contributed by atoms with Gasteiger partial charge in [-0.1, -0.05) is 30.3 Å². The summed E-state index contributed by atoms with van der Waals surface area (Å²) in [5.74, 6) is 1.66. The van der Waals surface area contributed by atoms with Gasteiger partial charge in [-0.05, 0) is 43.4 Å². The predicted molar refractivity (Wildman–Crippen MR) is 117 cm³/mol. The summed E-state index contributed by atoms with van der Waals surface area (Å²) < 4.78 is 11.2. The predicted octanol–water partition coefficient (Wildman–Crippen LogP) is 3.81. The number of rotatable bonds is 6. The van der Waals surface area contributed by atoms with Crippen molar-refractivity contribution in [1.82, 2.24) is 4.90 Å². The molecule has 2 amide bonds. The molecule has 2 unspecified atom stereocenters. The highest BCUT2D eigenvalue weighted by Crippen LogP contribution is 2.38. The first-order valence-electron chi connectivity index (χ1n) is 11.2. The molecule has 5 rings (SSSR count). The molecule has 162 valence electrons. The quantitative estimate of drug-likeness (QED) is 0.713. The van der Waals surface area contributed by atoms with Crippen molar-refractivity contribution in [1.29, 1.82) is 0 Å². The zero-order valence-electron chi connectivity index (χ0n) is 17.8. The minimum Gasteiger partial charge on any atom is -0.486 e. The molecule has 1 saturated carbocycles. The number of ether oxygens (including phenoxy) is 2. The molecular formula is C25H28N2O4. The van der Waals surface area contributed by atoms with Crippen LogP contribution in [-0.4, -0.2) is 43.0 Å². The minimum absolute atomic E-state index is 0.00672. The zero-order chi connectivity index (χ0) is 21.4. The smallest absolute Gasteiger partial charge is 0.228 e. The standard InChI is InChI=1S/C25H28N2O4/c1-17(19-5-3-2-4-6-19)26(15-18-7-8-18)25(29)20-13-24(28)27(16-20)21-9-10-22-23(14-21)31-12-11-30-22/h2-6,9-10,14,17-18,20H,7-8,11-13,15-16H2,1H3. The fourth-order valence-corrected chi connectivity index (χ4v) is 4.49. The maximum atomic E-state index is 13.6. The molecule has 2 heterocycles. The molecule has 2 aromatic rings. The van der Waals surface area contributed by atoms with E-state index in [4.69, 9.17) is 9.47 Å². The Morgan fingerprint density at radius 3 is 2.58 bits per heavy atom. The van der Waals surface area contributed by atoms with Crippen LogP contribution in [0, 0.1) is 11.8 Å². The highest BCUT2D eigenvalue weighted by molar-refractivity contribution is 6.00. The Hall–Kier alpha value is -3.02. The molecule has 2 fully saturated rings. The maximum Gasteiger partial charge on any atom is 0.228 e. The number of fused-ring (bicyclic) bond motifs is 1. The monoisotopic (exact) mass is 420 g/mol. The minimum atomic E-state index is -0.328. The average Bonchev–Trinajstić information content (AvgIpc) is 3.55. The second-order valence-electron chi connectivity index (χ2n) is 8.75. The van der Waals surface area contributed by atoms with Crippen molar-refractivity contribution < 1.29 is 19.1 Å². The molecular weight excluding hydrogens is 392 g/mol. The van der Waals surface area contributed by atoms with Crippen LogP contribution in [0.3, 0.4) is 0 Å². The molecule has 0 radical (unpaired) electrons. The van der Waals surface area contributed by atoms with Crippen molar-refractivity contribution in [3.05, 3.63) is 54.1 Å². The van der Waals surface area contributed by atoms with Gasteiger partial charge in [0, 0.05) is 31.3 Å². The Kier molecular flexibility index (Phi) is 5.30. The molecule has 2 atom stereocenters. The van der Waals surface area contributed by atoms with Crippen molar-refractivity contribution in [2.75, 3.05) is 31.2 Å². The van der Waals surface area contributed by atoms with Gasteiger partial charge in [0.25, 0.3) is 0 Å². The molecule has 2 aliphatic heterocycles. The van der Waals surface area contributed by atoms with E-state index in [1.54, 1.807) is 4.90 Å². The number of amides is 2. The fraction of sp³-hybridized carbons (Fsp3) is 0.440. The SMILES string of the molecule is CC(c1ccccc1)N(CC1CC1)C(=O)C1CC(=O)N(c2ccc3c(c2)OCCO3)C1. The summed E-state index contributed by atoms with van der Waals surface area (Å²) in [6, 6.07) is 15.7. The van der Waals surface area contributed by atoms with E-state index in [1.807, 2.05) is 41.3 Å². The van der Waals surface area contributed by atoms with E-state index in [-0.39, 0.29) is 30.2 Å². The third-order valence-corrected chi connectivity index (χ3v) is 6.50. The molecule has 1 saturated heterocycles. The van der Waals surface area contributed by atoms with Gasteiger partial charge in [0.05, 0.1) is 12.0 Å². The van der Waals surface area contributed by atoms with Crippen LogP contribution in [0.1, 0.15) is 37.8 Å². The lowest BCUT2D eigenvalue weighted by Crippen LogP contribution is -2.40. The van der Waals surface area contributed by atoms with E-state index in [9.17, 15) is 9.59 Å². The number of benzene rings is 2. The van der Waals surface area contributed by atoms with E-state index in [1.165, 1.54) is 12.8 Å². The zero-order valence-corrected chi connectivity index (χ0v) is 17.8. The molecule has 6 heteroatoms. The lowest BCUT2D eigenvalue weighted by Gasteiger charge is -2.32. The Morgan fingerprint density at radius 2 is 1.84 bits per heavy atom. The van der Waals surface area contributed by atoms with Gasteiger partial charge in [-0.15, -0.1) is 0 Å². The summed E-state index contributed by atoms with van der Waals surface area (Å²) in [6.45, 7) is 4.29.